The van der Waals surface area contributed by atoms with E-state index in [4.69, 9.17) is 4.98 Å². The molecule has 1 atom stereocenters. The van der Waals surface area contributed by atoms with Crippen molar-refractivity contribution in [2.75, 3.05) is 6.54 Å². The molecular weight excluding hydrogens is 434 g/mol. The summed E-state index contributed by atoms with van der Waals surface area (Å²) in [4.78, 5) is 27.9. The first-order chi connectivity index (χ1) is 15.4. The molecule has 0 fully saturated rings. The zero-order valence-electron chi connectivity index (χ0n) is 17.3. The van der Waals surface area contributed by atoms with Gasteiger partial charge in [-0.15, -0.1) is 0 Å². The molecule has 0 N–H and O–H groups in total. The highest BCUT2D eigenvalue weighted by molar-refractivity contribution is 7.09. The minimum Gasteiger partial charge on any atom is -0.329 e. The molecule has 7 nitrogen and oxygen atoms in total. The Morgan fingerprint density at radius 3 is 2.59 bits per heavy atom. The van der Waals surface area contributed by atoms with Gasteiger partial charge in [0.1, 0.15) is 11.6 Å². The van der Waals surface area contributed by atoms with Gasteiger partial charge in [0.05, 0.1) is 23.6 Å². The largest absolute Gasteiger partial charge is 0.329 e. The topological polar surface area (TPSA) is 76.8 Å². The van der Waals surface area contributed by atoms with Crippen LogP contribution < -0.4 is 0 Å². The summed E-state index contributed by atoms with van der Waals surface area (Å²) in [6.07, 6.45) is 2.65. The van der Waals surface area contributed by atoms with Crippen molar-refractivity contribution in [3.05, 3.63) is 71.4 Å². The van der Waals surface area contributed by atoms with E-state index in [1.165, 1.54) is 42.0 Å². The number of hydrogen-bond donors (Lipinski definition) is 0. The summed E-state index contributed by atoms with van der Waals surface area (Å²) < 4.78 is 34.2. The van der Waals surface area contributed by atoms with E-state index in [1.54, 1.807) is 17.9 Å². The number of rotatable bonds is 3. The summed E-state index contributed by atoms with van der Waals surface area (Å²) in [5.41, 5.74) is 1.85. The first kappa shape index (κ1) is 20.4. The molecule has 0 saturated carbocycles. The minimum atomic E-state index is -0.498. The number of hydrogen-bond acceptors (Lipinski definition) is 6. The molecule has 1 aromatic carbocycles. The number of nitrogens with zero attached hydrogens (tertiary/aromatic N) is 6. The van der Waals surface area contributed by atoms with Crippen molar-refractivity contribution >= 4 is 17.4 Å². The van der Waals surface area contributed by atoms with Gasteiger partial charge in [-0.2, -0.15) is 4.37 Å². The van der Waals surface area contributed by atoms with Gasteiger partial charge in [0.2, 0.25) is 0 Å². The molecule has 3 aromatic heterocycles. The van der Waals surface area contributed by atoms with Gasteiger partial charge in [-0.05, 0) is 55.7 Å². The zero-order valence-corrected chi connectivity index (χ0v) is 18.1. The number of amides is 1. The monoisotopic (exact) mass is 452 g/mol. The molecule has 162 valence electrons. The van der Waals surface area contributed by atoms with E-state index >= 15 is 0 Å². The fourth-order valence-electron chi connectivity index (χ4n) is 4.02. The summed E-state index contributed by atoms with van der Waals surface area (Å²) in [7, 11) is 0. The van der Waals surface area contributed by atoms with Gasteiger partial charge in [0, 0.05) is 30.4 Å². The molecule has 1 amide bonds. The Hall–Kier alpha value is -3.53. The van der Waals surface area contributed by atoms with E-state index in [9.17, 15) is 13.6 Å². The molecule has 5 rings (SSSR count). The van der Waals surface area contributed by atoms with Crippen LogP contribution in [0.25, 0.3) is 22.1 Å². The van der Waals surface area contributed by atoms with Gasteiger partial charge in [-0.1, -0.05) is 0 Å². The van der Waals surface area contributed by atoms with Crippen LogP contribution in [-0.4, -0.2) is 41.2 Å². The van der Waals surface area contributed by atoms with Crippen LogP contribution in [0.5, 0.6) is 0 Å². The van der Waals surface area contributed by atoms with Gasteiger partial charge >= 0.3 is 0 Å². The van der Waals surface area contributed by atoms with Crippen molar-refractivity contribution in [2.24, 2.45) is 0 Å². The lowest BCUT2D eigenvalue weighted by Gasteiger charge is -2.35. The lowest BCUT2D eigenvalue weighted by Crippen LogP contribution is -2.41. The molecule has 1 aliphatic heterocycles. The van der Waals surface area contributed by atoms with Crippen molar-refractivity contribution in [2.45, 2.75) is 26.4 Å². The first-order valence-electron chi connectivity index (χ1n) is 10.0. The van der Waals surface area contributed by atoms with Gasteiger partial charge in [0.15, 0.2) is 16.6 Å². The average molecular weight is 452 g/mol. The second-order valence-corrected chi connectivity index (χ2v) is 8.26. The predicted molar refractivity (Wildman–Crippen MR) is 115 cm³/mol. The fourth-order valence-corrected chi connectivity index (χ4v) is 4.69. The van der Waals surface area contributed by atoms with Crippen molar-refractivity contribution in [1.82, 2.24) is 28.8 Å². The van der Waals surface area contributed by atoms with E-state index in [-0.39, 0.29) is 5.91 Å². The van der Waals surface area contributed by atoms with Crippen LogP contribution in [0.4, 0.5) is 8.78 Å². The lowest BCUT2D eigenvalue weighted by molar-refractivity contribution is 0.0645. The summed E-state index contributed by atoms with van der Waals surface area (Å²) >= 11 is 1.23. The molecule has 10 heteroatoms. The third-order valence-electron chi connectivity index (χ3n) is 5.53. The highest BCUT2D eigenvalue weighted by Gasteiger charge is 2.35. The van der Waals surface area contributed by atoms with Gasteiger partial charge in [-0.25, -0.2) is 18.7 Å². The maximum absolute atomic E-state index is 14.7. The fraction of sp³-hybridized carbons (Fsp3) is 0.227. The van der Waals surface area contributed by atoms with Crippen LogP contribution in [0.1, 0.15) is 34.8 Å². The maximum atomic E-state index is 14.7. The molecule has 4 aromatic rings. The van der Waals surface area contributed by atoms with Crippen LogP contribution in [0.15, 0.2) is 42.7 Å². The van der Waals surface area contributed by atoms with Gasteiger partial charge in [-0.3, -0.25) is 9.78 Å². The Kier molecular flexibility index (Phi) is 5.01. The quantitative estimate of drug-likeness (QED) is 0.464. The van der Waals surface area contributed by atoms with E-state index in [2.05, 4.69) is 14.3 Å². The van der Waals surface area contributed by atoms with E-state index < -0.39 is 17.7 Å². The average Bonchev–Trinajstić information content (AvgIpc) is 3.38. The second-order valence-electron chi connectivity index (χ2n) is 7.50. The Morgan fingerprint density at radius 2 is 1.91 bits per heavy atom. The summed E-state index contributed by atoms with van der Waals surface area (Å²) in [5.74, 6) is 0.106. The van der Waals surface area contributed by atoms with Crippen LogP contribution >= 0.6 is 11.5 Å². The Labute approximate surface area is 186 Å². The zero-order chi connectivity index (χ0) is 22.4. The highest BCUT2D eigenvalue weighted by atomic mass is 32.1. The number of imidazole rings is 1. The smallest absolute Gasteiger partial charge is 0.254 e. The van der Waals surface area contributed by atoms with Crippen molar-refractivity contribution in [3.63, 3.8) is 0 Å². The highest BCUT2D eigenvalue weighted by Crippen LogP contribution is 2.39. The molecule has 0 bridgehead atoms. The Morgan fingerprint density at radius 1 is 1.12 bits per heavy atom. The normalized spacial score (nSPS) is 15.6. The minimum absolute atomic E-state index is 0.223. The number of benzene rings is 1. The summed E-state index contributed by atoms with van der Waals surface area (Å²) in [6.45, 7) is 4.56. The standard InChI is InChI=1S/C22H18F2N6OS/c1-12-19-18(16-7-8-25-11-17(16)24)27-20(21-26-13(2)28-32-21)30(19)10-9-29(12)22(31)14-3-5-15(23)6-4-14/h3-8,11-12H,9-10H2,1-2H3. The number of pyridine rings is 1. The number of aromatic nitrogens is 5. The molecule has 1 aliphatic rings. The van der Waals surface area contributed by atoms with Crippen molar-refractivity contribution < 1.29 is 13.6 Å². The van der Waals surface area contributed by atoms with E-state index in [1.807, 2.05) is 11.5 Å². The molecule has 1 unspecified atom stereocenters. The molecule has 4 heterocycles. The molecule has 0 spiro atoms. The van der Waals surface area contributed by atoms with Crippen molar-refractivity contribution in [1.29, 1.82) is 0 Å². The van der Waals surface area contributed by atoms with Crippen LogP contribution in [0, 0.1) is 18.6 Å². The first-order valence-corrected chi connectivity index (χ1v) is 10.8. The Bertz CT molecular complexity index is 1320. The molecular formula is C22H18F2N6OS. The van der Waals surface area contributed by atoms with Crippen molar-refractivity contribution in [3.8, 4) is 22.1 Å². The SMILES string of the molecule is Cc1nsc(-c2nc(-c3ccncc3F)c3n2CCN(C(=O)c2ccc(F)cc2)C3C)n1. The molecule has 0 saturated heterocycles. The summed E-state index contributed by atoms with van der Waals surface area (Å²) in [6, 6.07) is 6.63. The number of carbonyl (C=O) groups excluding carboxylic acids is 1. The number of halogens is 2. The Balaban J connectivity index is 1.63. The third kappa shape index (κ3) is 3.36. The summed E-state index contributed by atoms with van der Waals surface area (Å²) in [5, 5.41) is 0.634. The van der Waals surface area contributed by atoms with Gasteiger partial charge < -0.3 is 9.47 Å². The van der Waals surface area contributed by atoms with Crippen LogP contribution in [0.2, 0.25) is 0 Å². The van der Waals surface area contributed by atoms with Gasteiger partial charge in [0.25, 0.3) is 5.91 Å². The van der Waals surface area contributed by atoms with Crippen LogP contribution in [0.3, 0.4) is 0 Å². The molecule has 32 heavy (non-hydrogen) atoms. The number of aryl methyl sites for hydroxylation is 1. The second kappa shape index (κ2) is 7.86. The number of carbonyl (C=O) groups is 1. The third-order valence-corrected chi connectivity index (χ3v) is 6.34. The van der Waals surface area contributed by atoms with E-state index in [0.29, 0.717) is 52.3 Å². The lowest BCUT2D eigenvalue weighted by atomic mass is 10.0. The van der Waals surface area contributed by atoms with Crippen LogP contribution in [-0.2, 0) is 6.54 Å². The molecule has 0 aliphatic carbocycles. The maximum Gasteiger partial charge on any atom is 0.254 e. The predicted octanol–water partition coefficient (Wildman–Crippen LogP) is 4.27. The number of fused-ring (bicyclic) bond motifs is 1. The molecule has 0 radical (unpaired) electrons. The van der Waals surface area contributed by atoms with E-state index in [0.717, 1.165) is 6.20 Å².